The zero-order chi connectivity index (χ0) is 13.7. The van der Waals surface area contributed by atoms with Crippen molar-refractivity contribution in [2.24, 2.45) is 0 Å². The van der Waals surface area contributed by atoms with Crippen LogP contribution in [0.2, 0.25) is 0 Å². The van der Waals surface area contributed by atoms with Crippen LogP contribution in [0, 0.1) is 6.92 Å². The summed E-state index contributed by atoms with van der Waals surface area (Å²) in [7, 11) is 0. The number of hydrogen-bond donors (Lipinski definition) is 1. The monoisotopic (exact) mass is 257 g/mol. The topological polar surface area (TPSA) is 25.2 Å². The second kappa shape index (κ2) is 6.58. The van der Waals surface area contributed by atoms with Gasteiger partial charge in [-0.3, -0.25) is 0 Å². The Balaban J connectivity index is 2.18. The Bertz CT molecular complexity index is 498. The SMILES string of the molecule is CCNC(Cc1ccc(C)cc1)c1ccoc1CC. The maximum Gasteiger partial charge on any atom is 0.108 e. The second-order valence-electron chi connectivity index (χ2n) is 4.95. The molecule has 0 aliphatic carbocycles. The average molecular weight is 257 g/mol. The lowest BCUT2D eigenvalue weighted by Crippen LogP contribution is -2.23. The smallest absolute Gasteiger partial charge is 0.108 e. The minimum absolute atomic E-state index is 0.335. The maximum atomic E-state index is 5.56. The van der Waals surface area contributed by atoms with E-state index in [-0.39, 0.29) is 0 Å². The first kappa shape index (κ1) is 13.9. The Hall–Kier alpha value is -1.54. The molecule has 1 atom stereocenters. The predicted molar refractivity (Wildman–Crippen MR) is 79.4 cm³/mol. The Kier molecular flexibility index (Phi) is 4.80. The van der Waals surface area contributed by atoms with Crippen LogP contribution in [-0.2, 0) is 12.8 Å². The number of likely N-dealkylation sites (N-methyl/N-ethyl adjacent to an activating group) is 1. The molecule has 0 saturated heterocycles. The predicted octanol–water partition coefficient (Wildman–Crippen LogP) is 4.04. The van der Waals surface area contributed by atoms with Crippen molar-refractivity contribution in [2.75, 3.05) is 6.54 Å². The second-order valence-corrected chi connectivity index (χ2v) is 4.95. The van der Waals surface area contributed by atoms with E-state index in [1.807, 2.05) is 0 Å². The molecule has 2 aromatic rings. The summed E-state index contributed by atoms with van der Waals surface area (Å²) in [5.41, 5.74) is 3.96. The fourth-order valence-electron chi connectivity index (χ4n) is 2.45. The van der Waals surface area contributed by atoms with Crippen molar-refractivity contribution in [2.45, 2.75) is 39.7 Å². The van der Waals surface area contributed by atoms with Crippen LogP contribution in [0.3, 0.4) is 0 Å². The maximum absolute atomic E-state index is 5.56. The highest BCUT2D eigenvalue weighted by Crippen LogP contribution is 2.23. The summed E-state index contributed by atoms with van der Waals surface area (Å²) in [5.74, 6) is 1.10. The third kappa shape index (κ3) is 3.48. The van der Waals surface area contributed by atoms with Gasteiger partial charge in [0.15, 0.2) is 0 Å². The van der Waals surface area contributed by atoms with Gasteiger partial charge in [-0.05, 0) is 31.5 Å². The summed E-state index contributed by atoms with van der Waals surface area (Å²) in [6.07, 6.45) is 3.74. The van der Waals surface area contributed by atoms with E-state index < -0.39 is 0 Å². The first-order valence-electron chi connectivity index (χ1n) is 7.09. The molecule has 0 saturated carbocycles. The Morgan fingerprint density at radius 3 is 2.47 bits per heavy atom. The Morgan fingerprint density at radius 1 is 1.11 bits per heavy atom. The van der Waals surface area contributed by atoms with Gasteiger partial charge in [-0.15, -0.1) is 0 Å². The molecule has 0 amide bonds. The van der Waals surface area contributed by atoms with Crippen LogP contribution in [0.5, 0.6) is 0 Å². The molecule has 2 nitrogen and oxygen atoms in total. The Labute approximate surface area is 115 Å². The highest BCUT2D eigenvalue weighted by molar-refractivity contribution is 5.27. The summed E-state index contributed by atoms with van der Waals surface area (Å²) in [5, 5.41) is 3.56. The van der Waals surface area contributed by atoms with Gasteiger partial charge in [0, 0.05) is 18.0 Å². The van der Waals surface area contributed by atoms with Crippen LogP contribution < -0.4 is 5.32 Å². The van der Waals surface area contributed by atoms with Gasteiger partial charge in [-0.2, -0.15) is 0 Å². The van der Waals surface area contributed by atoms with Crippen LogP contribution >= 0.6 is 0 Å². The van der Waals surface area contributed by atoms with Crippen molar-refractivity contribution < 1.29 is 4.42 Å². The molecule has 0 aliphatic heterocycles. The molecule has 19 heavy (non-hydrogen) atoms. The van der Waals surface area contributed by atoms with Crippen molar-refractivity contribution in [3.8, 4) is 0 Å². The summed E-state index contributed by atoms with van der Waals surface area (Å²) in [4.78, 5) is 0. The van der Waals surface area contributed by atoms with E-state index in [0.29, 0.717) is 6.04 Å². The van der Waals surface area contributed by atoms with E-state index in [1.165, 1.54) is 16.7 Å². The van der Waals surface area contributed by atoms with Crippen LogP contribution in [-0.4, -0.2) is 6.54 Å². The molecule has 0 bridgehead atoms. The molecule has 1 aromatic heterocycles. The highest BCUT2D eigenvalue weighted by atomic mass is 16.3. The lowest BCUT2D eigenvalue weighted by atomic mass is 9.98. The zero-order valence-electron chi connectivity index (χ0n) is 12.1. The number of aryl methyl sites for hydroxylation is 2. The fraction of sp³-hybridized carbons (Fsp3) is 0.412. The largest absolute Gasteiger partial charge is 0.469 e. The molecule has 102 valence electrons. The quantitative estimate of drug-likeness (QED) is 0.844. The van der Waals surface area contributed by atoms with E-state index in [4.69, 9.17) is 4.42 Å². The van der Waals surface area contributed by atoms with Gasteiger partial charge in [-0.25, -0.2) is 0 Å². The van der Waals surface area contributed by atoms with Gasteiger partial charge in [0.25, 0.3) is 0 Å². The van der Waals surface area contributed by atoms with Crippen molar-refractivity contribution in [1.82, 2.24) is 5.32 Å². The summed E-state index contributed by atoms with van der Waals surface area (Å²) < 4.78 is 5.56. The van der Waals surface area contributed by atoms with Gasteiger partial charge in [0.05, 0.1) is 6.26 Å². The molecule has 0 radical (unpaired) electrons. The minimum atomic E-state index is 0.335. The molecule has 1 N–H and O–H groups in total. The van der Waals surface area contributed by atoms with Crippen molar-refractivity contribution >= 4 is 0 Å². The van der Waals surface area contributed by atoms with Gasteiger partial charge in [0.1, 0.15) is 5.76 Å². The average Bonchev–Trinajstić information content (AvgIpc) is 2.89. The van der Waals surface area contributed by atoms with Gasteiger partial charge in [0.2, 0.25) is 0 Å². The first-order valence-corrected chi connectivity index (χ1v) is 7.09. The summed E-state index contributed by atoms with van der Waals surface area (Å²) >= 11 is 0. The molecular formula is C17H23NO. The number of nitrogens with one attached hydrogen (secondary N) is 1. The minimum Gasteiger partial charge on any atom is -0.469 e. The molecular weight excluding hydrogens is 234 g/mol. The Morgan fingerprint density at radius 2 is 1.84 bits per heavy atom. The van der Waals surface area contributed by atoms with Gasteiger partial charge < -0.3 is 9.73 Å². The lowest BCUT2D eigenvalue weighted by molar-refractivity contribution is 0.487. The third-order valence-electron chi connectivity index (χ3n) is 3.49. The van der Waals surface area contributed by atoms with Gasteiger partial charge >= 0.3 is 0 Å². The summed E-state index contributed by atoms with van der Waals surface area (Å²) in [6.45, 7) is 7.37. The van der Waals surface area contributed by atoms with Crippen LogP contribution in [0.25, 0.3) is 0 Å². The molecule has 0 spiro atoms. The zero-order valence-corrected chi connectivity index (χ0v) is 12.1. The molecule has 2 heteroatoms. The van der Waals surface area contributed by atoms with E-state index in [1.54, 1.807) is 6.26 Å². The van der Waals surface area contributed by atoms with Crippen molar-refractivity contribution in [1.29, 1.82) is 0 Å². The number of rotatable bonds is 6. The van der Waals surface area contributed by atoms with Crippen molar-refractivity contribution in [3.63, 3.8) is 0 Å². The molecule has 0 aliphatic rings. The van der Waals surface area contributed by atoms with E-state index in [2.05, 4.69) is 56.4 Å². The van der Waals surface area contributed by atoms with Crippen LogP contribution in [0.15, 0.2) is 41.0 Å². The summed E-state index contributed by atoms with van der Waals surface area (Å²) in [6, 6.07) is 11.2. The van der Waals surface area contributed by atoms with E-state index >= 15 is 0 Å². The molecule has 1 heterocycles. The standard InChI is InChI=1S/C17H23NO/c1-4-17-15(10-11-19-17)16(18-5-2)12-14-8-6-13(3)7-9-14/h6-11,16,18H,4-5,12H2,1-3H3. The fourth-order valence-corrected chi connectivity index (χ4v) is 2.45. The highest BCUT2D eigenvalue weighted by Gasteiger charge is 2.16. The molecule has 1 aromatic carbocycles. The van der Waals surface area contributed by atoms with E-state index in [9.17, 15) is 0 Å². The molecule has 2 rings (SSSR count). The van der Waals surface area contributed by atoms with Crippen LogP contribution in [0.4, 0.5) is 0 Å². The normalized spacial score (nSPS) is 12.6. The van der Waals surface area contributed by atoms with Gasteiger partial charge in [-0.1, -0.05) is 43.7 Å². The number of furan rings is 1. The van der Waals surface area contributed by atoms with Crippen molar-refractivity contribution in [3.05, 3.63) is 59.0 Å². The van der Waals surface area contributed by atoms with Crippen LogP contribution in [0.1, 0.15) is 42.3 Å². The molecule has 0 fully saturated rings. The number of hydrogen-bond acceptors (Lipinski definition) is 2. The van der Waals surface area contributed by atoms with E-state index in [0.717, 1.165) is 25.1 Å². The first-order chi connectivity index (χ1) is 9.24. The molecule has 1 unspecified atom stereocenters. The lowest BCUT2D eigenvalue weighted by Gasteiger charge is -2.18. The number of benzene rings is 1. The third-order valence-corrected chi connectivity index (χ3v) is 3.49.